The van der Waals surface area contributed by atoms with Gasteiger partial charge in [0.25, 0.3) is 0 Å². The maximum Gasteiger partial charge on any atom is 0.220 e. The molecule has 7 atom stereocenters. The van der Waals surface area contributed by atoms with Crippen molar-refractivity contribution in [3.8, 4) is 0 Å². The smallest absolute Gasteiger partial charge is 0.220 e. The maximum absolute atomic E-state index is 13.0. The fourth-order valence-corrected chi connectivity index (χ4v) is 7.27. The zero-order chi connectivity index (χ0) is 51.5. The highest BCUT2D eigenvalue weighted by molar-refractivity contribution is 5.76. The Morgan fingerprint density at radius 3 is 1.34 bits per heavy atom. The molecular weight excluding hydrogens is 887 g/mol. The van der Waals surface area contributed by atoms with Gasteiger partial charge in [-0.05, 0) is 122 Å². The van der Waals surface area contributed by atoms with E-state index in [9.17, 15) is 30.3 Å². The number of ether oxygens (including phenoxy) is 2. The molecule has 1 aliphatic rings. The summed E-state index contributed by atoms with van der Waals surface area (Å²) in [6.07, 6.45) is 71.6. The van der Waals surface area contributed by atoms with E-state index in [1.165, 1.54) is 32.1 Å². The summed E-state index contributed by atoms with van der Waals surface area (Å²) in [5.41, 5.74) is 0. The molecule has 0 saturated carbocycles. The van der Waals surface area contributed by atoms with E-state index in [4.69, 9.17) is 9.47 Å². The molecule has 6 N–H and O–H groups in total. The van der Waals surface area contributed by atoms with Crippen molar-refractivity contribution in [3.63, 3.8) is 0 Å². The number of aliphatic hydroxyl groups excluding tert-OH is 5. The number of aliphatic hydroxyl groups is 5. The van der Waals surface area contributed by atoms with Crippen LogP contribution in [0.2, 0.25) is 0 Å². The Balaban J connectivity index is 2.32. The zero-order valence-electron chi connectivity index (χ0n) is 43.9. The molecule has 0 aromatic carbocycles. The summed E-state index contributed by atoms with van der Waals surface area (Å²) in [5.74, 6) is -0.242. The van der Waals surface area contributed by atoms with Gasteiger partial charge in [-0.15, -0.1) is 0 Å². The number of hydrogen-bond acceptors (Lipinski definition) is 8. The van der Waals surface area contributed by atoms with E-state index in [0.717, 1.165) is 103 Å². The van der Waals surface area contributed by atoms with E-state index in [2.05, 4.69) is 165 Å². The minimum Gasteiger partial charge on any atom is -0.394 e. The first-order chi connectivity index (χ1) is 34.8. The molecule has 1 rings (SSSR count). The normalized spacial score (nSPS) is 20.6. The average molecular weight is 984 g/mol. The predicted molar refractivity (Wildman–Crippen MR) is 299 cm³/mol. The Hall–Kier alpha value is -4.19. The van der Waals surface area contributed by atoms with Crippen molar-refractivity contribution in [1.29, 1.82) is 0 Å². The summed E-state index contributed by atoms with van der Waals surface area (Å²) >= 11 is 0. The maximum atomic E-state index is 13.0. The van der Waals surface area contributed by atoms with Crippen molar-refractivity contribution in [3.05, 3.63) is 158 Å². The van der Waals surface area contributed by atoms with Crippen LogP contribution in [0, 0.1) is 0 Å². The van der Waals surface area contributed by atoms with Crippen LogP contribution in [0.1, 0.15) is 168 Å². The molecule has 0 bridgehead atoms. The average Bonchev–Trinajstić information content (AvgIpc) is 3.37. The molecule has 7 unspecified atom stereocenters. The lowest BCUT2D eigenvalue weighted by Gasteiger charge is -2.40. The standard InChI is InChI=1S/C62H97NO8/c1-3-5-7-9-11-13-15-17-19-20-21-22-23-24-25-26-27-28-29-30-31-32-33-34-35-36-38-40-42-44-46-48-50-52-58(66)63-55(54-70-62-61(69)60(68)59(67)57(53-64)71-62)56(65)51-49-47-45-43-41-39-37-18-16-14-12-10-8-6-4-2/h5,7,11,13,16-19,21-22,24-25,27-28,30-31,33-34,36,38,41-44,49,51,55-57,59-62,64-65,67-69H,3-4,6,8-10,12,14-15,20,23,26,29,32,35,37,39-40,45-48,50,52-54H2,1-2H3,(H,63,66)/b7-5-,13-11-,18-16+,19-17-,22-21-,25-24-,28-27-,31-30-,34-33-,38-36-,43-41+,44-42-,51-49+. The molecule has 9 heteroatoms. The number of nitrogens with one attached hydrogen (secondary N) is 1. The Morgan fingerprint density at radius 2 is 0.887 bits per heavy atom. The summed E-state index contributed by atoms with van der Waals surface area (Å²) in [5, 5.41) is 54.3. The third-order valence-corrected chi connectivity index (χ3v) is 11.6. The van der Waals surface area contributed by atoms with Crippen LogP contribution in [0.3, 0.4) is 0 Å². The van der Waals surface area contributed by atoms with Crippen LogP contribution >= 0.6 is 0 Å². The van der Waals surface area contributed by atoms with E-state index < -0.39 is 49.5 Å². The molecule has 1 heterocycles. The minimum absolute atomic E-state index is 0.235. The van der Waals surface area contributed by atoms with Gasteiger partial charge in [0.05, 0.1) is 25.4 Å². The van der Waals surface area contributed by atoms with Crippen LogP contribution in [0.5, 0.6) is 0 Å². The number of carbonyl (C=O) groups excluding carboxylic acids is 1. The first kappa shape index (κ1) is 64.8. The van der Waals surface area contributed by atoms with Gasteiger partial charge in [-0.25, -0.2) is 0 Å². The monoisotopic (exact) mass is 984 g/mol. The molecule has 1 saturated heterocycles. The van der Waals surface area contributed by atoms with Crippen molar-refractivity contribution < 1.29 is 39.8 Å². The summed E-state index contributed by atoms with van der Waals surface area (Å²) in [4.78, 5) is 13.0. The number of carbonyl (C=O) groups is 1. The van der Waals surface area contributed by atoms with Crippen molar-refractivity contribution in [2.24, 2.45) is 0 Å². The molecule has 9 nitrogen and oxygen atoms in total. The highest BCUT2D eigenvalue weighted by atomic mass is 16.7. The van der Waals surface area contributed by atoms with E-state index in [1.54, 1.807) is 6.08 Å². The van der Waals surface area contributed by atoms with Crippen LogP contribution in [0.15, 0.2) is 158 Å². The van der Waals surface area contributed by atoms with Crippen LogP contribution in [-0.4, -0.2) is 87.5 Å². The summed E-state index contributed by atoms with van der Waals surface area (Å²) in [7, 11) is 0. The molecule has 1 amide bonds. The van der Waals surface area contributed by atoms with Crippen molar-refractivity contribution in [2.75, 3.05) is 13.2 Å². The molecular formula is C62H97NO8. The molecule has 398 valence electrons. The van der Waals surface area contributed by atoms with Crippen molar-refractivity contribution in [1.82, 2.24) is 5.32 Å². The van der Waals surface area contributed by atoms with Crippen molar-refractivity contribution in [2.45, 2.75) is 211 Å². The lowest BCUT2D eigenvalue weighted by molar-refractivity contribution is -0.302. The molecule has 0 aromatic rings. The Kier molecular flexibility index (Phi) is 45.1. The van der Waals surface area contributed by atoms with E-state index >= 15 is 0 Å². The summed E-state index contributed by atoms with van der Waals surface area (Å²) < 4.78 is 11.2. The number of rotatable bonds is 43. The van der Waals surface area contributed by atoms with Gasteiger partial charge in [0.1, 0.15) is 24.4 Å². The summed E-state index contributed by atoms with van der Waals surface area (Å²) in [6.45, 7) is 3.57. The van der Waals surface area contributed by atoms with Gasteiger partial charge in [0.2, 0.25) is 5.91 Å². The second-order valence-corrected chi connectivity index (χ2v) is 17.9. The second kappa shape index (κ2) is 49.4. The Labute approximate surface area is 431 Å². The summed E-state index contributed by atoms with van der Waals surface area (Å²) in [6, 6.07) is -0.864. The third-order valence-electron chi connectivity index (χ3n) is 11.6. The zero-order valence-corrected chi connectivity index (χ0v) is 43.9. The molecule has 0 aliphatic carbocycles. The molecule has 0 spiro atoms. The molecule has 1 aliphatic heterocycles. The number of allylic oxidation sites excluding steroid dienone is 25. The first-order valence-corrected chi connectivity index (χ1v) is 27.2. The van der Waals surface area contributed by atoms with Crippen LogP contribution in [0.25, 0.3) is 0 Å². The van der Waals surface area contributed by atoms with Gasteiger partial charge in [-0.2, -0.15) is 0 Å². The lowest BCUT2D eigenvalue weighted by Crippen LogP contribution is -2.60. The van der Waals surface area contributed by atoms with E-state index in [-0.39, 0.29) is 18.9 Å². The van der Waals surface area contributed by atoms with E-state index in [0.29, 0.717) is 12.8 Å². The lowest BCUT2D eigenvalue weighted by atomic mass is 9.99. The highest BCUT2D eigenvalue weighted by Gasteiger charge is 2.44. The van der Waals surface area contributed by atoms with Crippen molar-refractivity contribution >= 4 is 5.91 Å². The van der Waals surface area contributed by atoms with Crippen LogP contribution in [0.4, 0.5) is 0 Å². The van der Waals surface area contributed by atoms with Gasteiger partial charge in [0, 0.05) is 6.42 Å². The number of unbranched alkanes of at least 4 members (excludes halogenated alkanes) is 9. The fourth-order valence-electron chi connectivity index (χ4n) is 7.27. The highest BCUT2D eigenvalue weighted by Crippen LogP contribution is 2.22. The Bertz CT molecular complexity index is 1660. The topological polar surface area (TPSA) is 149 Å². The largest absolute Gasteiger partial charge is 0.394 e. The Morgan fingerprint density at radius 1 is 0.493 bits per heavy atom. The minimum atomic E-state index is -1.59. The predicted octanol–water partition coefficient (Wildman–Crippen LogP) is 13.3. The fraction of sp³-hybridized carbons (Fsp3) is 0.565. The third kappa shape index (κ3) is 39.1. The van der Waals surface area contributed by atoms with Gasteiger partial charge in [-0.1, -0.05) is 198 Å². The quantitative estimate of drug-likeness (QED) is 0.0261. The molecule has 0 aromatic heterocycles. The van der Waals surface area contributed by atoms with Gasteiger partial charge in [0.15, 0.2) is 6.29 Å². The van der Waals surface area contributed by atoms with Gasteiger partial charge >= 0.3 is 0 Å². The number of amides is 1. The molecule has 71 heavy (non-hydrogen) atoms. The number of hydrogen-bond donors (Lipinski definition) is 6. The molecule has 1 fully saturated rings. The van der Waals surface area contributed by atoms with Gasteiger partial charge in [-0.3, -0.25) is 4.79 Å². The van der Waals surface area contributed by atoms with E-state index in [1.807, 2.05) is 6.08 Å². The van der Waals surface area contributed by atoms with Crippen LogP contribution in [-0.2, 0) is 14.3 Å². The van der Waals surface area contributed by atoms with Gasteiger partial charge < -0.3 is 40.3 Å². The first-order valence-electron chi connectivity index (χ1n) is 27.2. The SMILES string of the molecule is CC/C=C\C/C=C\C/C=C\C/C=C\C/C=C\C/C=C\C/C=C\C/C=C\C/C=C\C/C=C\CCCCC(=O)NC(COC1OC(CO)C(O)C(O)C1O)C(O)/C=C/CC/C=C/CC/C=C/CCCCCCC. The second-order valence-electron chi connectivity index (χ2n) is 17.9. The molecule has 0 radical (unpaired) electrons. The van der Waals surface area contributed by atoms with Crippen LogP contribution < -0.4 is 5.32 Å².